The Morgan fingerprint density at radius 3 is 1.92 bits per heavy atom. The van der Waals surface area contributed by atoms with Crippen LogP contribution in [0.5, 0.6) is 0 Å². The van der Waals surface area contributed by atoms with E-state index in [1.165, 1.54) is 72.2 Å². The molecule has 6 aliphatic rings. The molecule has 0 N–H and O–H groups in total. The highest BCUT2D eigenvalue weighted by atomic mass is 15.3. The number of nitrogens with zero attached hydrogens (tertiary/aromatic N) is 3. The summed E-state index contributed by atoms with van der Waals surface area (Å²) in [4.78, 5) is 5.40. The average Bonchev–Trinajstić information content (AvgIpc) is 3.84. The first-order valence-corrected chi connectivity index (χ1v) is 18.7. The minimum atomic E-state index is 0.184. The first kappa shape index (κ1) is 29.0. The number of allylic oxidation sites excluding steroid dienone is 8. The van der Waals surface area contributed by atoms with Crippen molar-refractivity contribution in [3.05, 3.63) is 179 Å². The molecule has 3 heterocycles. The van der Waals surface area contributed by atoms with Crippen molar-refractivity contribution in [2.24, 2.45) is 0 Å². The van der Waals surface area contributed by atoms with E-state index in [4.69, 9.17) is 0 Å². The van der Waals surface area contributed by atoms with E-state index < -0.39 is 0 Å². The molecule has 2 aliphatic heterocycles. The third-order valence-electron chi connectivity index (χ3n) is 11.9. The van der Waals surface area contributed by atoms with Crippen molar-refractivity contribution in [3.8, 4) is 16.8 Å². The van der Waals surface area contributed by atoms with Crippen LogP contribution in [0.25, 0.3) is 39.9 Å². The lowest BCUT2D eigenvalue weighted by molar-refractivity contribution is 0.700. The van der Waals surface area contributed by atoms with E-state index in [1.807, 2.05) is 0 Å². The standard InChI is InChI=1S/C48H39N3/c1-2-16-32(17-3-1)49-41-24-10-8-22-37(41)39-30-31-40-38-23-9-15-29-46(38)51(48(40)47(39)49)45-28-14-7-21-36(45)35-20-6-13-27-44(35)50-42-25-11-4-18-33(42)34-19-5-12-26-43(34)50/h1-2,4,6-11,13-16,18-31,37-38,41,46H,3,5,12,17H2. The normalized spacial score (nSPS) is 23.3. The van der Waals surface area contributed by atoms with Gasteiger partial charge in [-0.25, -0.2) is 0 Å². The van der Waals surface area contributed by atoms with Crippen molar-refractivity contribution in [1.29, 1.82) is 0 Å². The van der Waals surface area contributed by atoms with Crippen LogP contribution in [-0.4, -0.2) is 16.7 Å². The fourth-order valence-electron chi connectivity index (χ4n) is 9.83. The van der Waals surface area contributed by atoms with Crippen molar-refractivity contribution in [3.63, 3.8) is 0 Å². The lowest BCUT2D eigenvalue weighted by Crippen LogP contribution is -2.34. The Morgan fingerprint density at radius 2 is 1.16 bits per heavy atom. The second-order valence-electron chi connectivity index (χ2n) is 14.5. The summed E-state index contributed by atoms with van der Waals surface area (Å²) in [6, 6.07) is 32.5. The Bertz CT molecular complexity index is 2590. The van der Waals surface area contributed by atoms with Crippen LogP contribution in [0.4, 0.5) is 17.1 Å². The largest absolute Gasteiger partial charge is 0.335 e. The molecular weight excluding hydrogens is 619 g/mol. The quantitative estimate of drug-likeness (QED) is 0.191. The zero-order valence-electron chi connectivity index (χ0n) is 28.6. The minimum absolute atomic E-state index is 0.184. The molecule has 3 nitrogen and oxygen atoms in total. The van der Waals surface area contributed by atoms with Crippen LogP contribution in [0.3, 0.4) is 0 Å². The molecule has 0 spiro atoms. The van der Waals surface area contributed by atoms with E-state index in [1.54, 1.807) is 0 Å². The summed E-state index contributed by atoms with van der Waals surface area (Å²) in [7, 11) is 0. The van der Waals surface area contributed by atoms with Gasteiger partial charge in [0.05, 0.1) is 34.7 Å². The molecule has 4 aromatic carbocycles. The van der Waals surface area contributed by atoms with E-state index in [0.29, 0.717) is 5.92 Å². The van der Waals surface area contributed by atoms with Gasteiger partial charge in [-0.05, 0) is 61.1 Å². The highest BCUT2D eigenvalue weighted by molar-refractivity contribution is 5.97. The molecule has 0 amide bonds. The molecule has 0 radical (unpaired) electrons. The number of hydrogen-bond acceptors (Lipinski definition) is 2. The second-order valence-corrected chi connectivity index (χ2v) is 14.5. The summed E-state index contributed by atoms with van der Waals surface area (Å²) in [6.45, 7) is 0. The van der Waals surface area contributed by atoms with Crippen LogP contribution in [0.15, 0.2) is 157 Å². The summed E-state index contributed by atoms with van der Waals surface area (Å²) in [5.74, 6) is 0.606. The molecule has 0 bridgehead atoms. The summed E-state index contributed by atoms with van der Waals surface area (Å²) in [5, 5.41) is 4.00. The molecule has 51 heavy (non-hydrogen) atoms. The summed E-state index contributed by atoms with van der Waals surface area (Å²) >= 11 is 0. The van der Waals surface area contributed by atoms with E-state index in [-0.39, 0.29) is 18.0 Å². The number of hydrogen-bond donors (Lipinski definition) is 0. The molecule has 11 rings (SSSR count). The number of anilines is 3. The van der Waals surface area contributed by atoms with Crippen molar-refractivity contribution in [1.82, 2.24) is 4.57 Å². The van der Waals surface area contributed by atoms with Gasteiger partial charge >= 0.3 is 0 Å². The fourth-order valence-corrected chi connectivity index (χ4v) is 9.83. The maximum Gasteiger partial charge on any atom is 0.0700 e. The predicted molar refractivity (Wildman–Crippen MR) is 213 cm³/mol. The van der Waals surface area contributed by atoms with Gasteiger partial charge in [-0.3, -0.25) is 0 Å². The van der Waals surface area contributed by atoms with E-state index in [2.05, 4.69) is 178 Å². The third-order valence-corrected chi connectivity index (χ3v) is 11.9. The second kappa shape index (κ2) is 11.4. The topological polar surface area (TPSA) is 11.4 Å². The lowest BCUT2D eigenvalue weighted by Gasteiger charge is -2.36. The Labute approximate surface area is 299 Å². The number of para-hydroxylation sites is 3. The zero-order valence-corrected chi connectivity index (χ0v) is 28.6. The van der Waals surface area contributed by atoms with Crippen LogP contribution in [0.1, 0.15) is 48.6 Å². The summed E-state index contributed by atoms with van der Waals surface area (Å²) in [6.07, 6.45) is 34.7. The number of fused-ring (bicyclic) bond motifs is 10. The molecular formula is C48H39N3. The molecule has 3 heteroatoms. The maximum atomic E-state index is 2.70. The molecule has 4 atom stereocenters. The molecule has 5 aromatic rings. The number of benzene rings is 4. The van der Waals surface area contributed by atoms with Gasteiger partial charge in [-0.1, -0.05) is 140 Å². The summed E-state index contributed by atoms with van der Waals surface area (Å²) in [5.41, 5.74) is 13.3. The zero-order chi connectivity index (χ0) is 33.5. The van der Waals surface area contributed by atoms with Crippen molar-refractivity contribution >= 4 is 40.1 Å². The van der Waals surface area contributed by atoms with Crippen LogP contribution in [0.2, 0.25) is 0 Å². The molecule has 4 unspecified atom stereocenters. The van der Waals surface area contributed by atoms with Gasteiger partial charge in [0.25, 0.3) is 0 Å². The molecule has 4 aliphatic carbocycles. The van der Waals surface area contributed by atoms with Crippen molar-refractivity contribution in [2.45, 2.75) is 49.6 Å². The van der Waals surface area contributed by atoms with Crippen molar-refractivity contribution < 1.29 is 0 Å². The Hall–Kier alpha value is -5.80. The van der Waals surface area contributed by atoms with Gasteiger partial charge in [-0.15, -0.1) is 0 Å². The minimum Gasteiger partial charge on any atom is -0.335 e. The SMILES string of the molecule is C1=CCCC(N2c3c(ccc4c3N(c3ccccc3-c3ccccc3-n3c5c(c6ccccc63)=CCCC=5)C3C=CC=CC43)C3C=CC=CC32)=C1. The molecule has 1 aromatic heterocycles. The van der Waals surface area contributed by atoms with Crippen LogP contribution in [-0.2, 0) is 0 Å². The number of aromatic nitrogens is 1. The van der Waals surface area contributed by atoms with E-state index >= 15 is 0 Å². The third kappa shape index (κ3) is 4.18. The molecule has 0 saturated heterocycles. The van der Waals surface area contributed by atoms with Gasteiger partial charge in [0.1, 0.15) is 0 Å². The van der Waals surface area contributed by atoms with Gasteiger partial charge in [0.15, 0.2) is 0 Å². The van der Waals surface area contributed by atoms with Gasteiger partial charge in [0, 0.05) is 50.3 Å². The molecule has 0 saturated carbocycles. The molecule has 246 valence electrons. The van der Waals surface area contributed by atoms with Gasteiger partial charge in [0.2, 0.25) is 0 Å². The number of rotatable bonds is 4. The average molecular weight is 658 g/mol. The van der Waals surface area contributed by atoms with Gasteiger partial charge < -0.3 is 14.4 Å². The Balaban J connectivity index is 1.16. The van der Waals surface area contributed by atoms with Crippen LogP contribution < -0.4 is 20.4 Å². The fraction of sp³-hybridized carbons (Fsp3) is 0.167. The smallest absolute Gasteiger partial charge is 0.0700 e. The van der Waals surface area contributed by atoms with E-state index in [0.717, 1.165) is 25.7 Å². The highest BCUT2D eigenvalue weighted by Gasteiger charge is 2.47. The maximum absolute atomic E-state index is 2.70. The predicted octanol–water partition coefficient (Wildman–Crippen LogP) is 10.0. The Kier molecular flexibility index (Phi) is 6.46. The Morgan fingerprint density at radius 1 is 0.529 bits per heavy atom. The summed E-state index contributed by atoms with van der Waals surface area (Å²) < 4.78 is 2.52. The highest BCUT2D eigenvalue weighted by Crippen LogP contribution is 2.60. The van der Waals surface area contributed by atoms with Crippen LogP contribution >= 0.6 is 0 Å². The van der Waals surface area contributed by atoms with Crippen molar-refractivity contribution in [2.75, 3.05) is 9.80 Å². The lowest BCUT2D eigenvalue weighted by atomic mass is 9.88. The monoisotopic (exact) mass is 657 g/mol. The van der Waals surface area contributed by atoms with E-state index in [9.17, 15) is 0 Å². The first-order valence-electron chi connectivity index (χ1n) is 18.7. The van der Waals surface area contributed by atoms with Crippen LogP contribution in [0, 0.1) is 0 Å². The molecule has 0 fully saturated rings. The first-order chi connectivity index (χ1) is 25.4. The van der Waals surface area contributed by atoms with Gasteiger partial charge in [-0.2, -0.15) is 0 Å².